The third-order valence-corrected chi connectivity index (χ3v) is 1.87. The van der Waals surface area contributed by atoms with Crippen molar-refractivity contribution in [2.24, 2.45) is 10.7 Å². The molecule has 1 aromatic rings. The summed E-state index contributed by atoms with van der Waals surface area (Å²) in [5.41, 5.74) is 7.82. The lowest BCUT2D eigenvalue weighted by molar-refractivity contribution is 0.208. The SMILES string of the molecule is COCCN=C(N)Nc1cccc(C)c1. The summed E-state index contributed by atoms with van der Waals surface area (Å²) in [6.07, 6.45) is 0. The van der Waals surface area contributed by atoms with E-state index in [4.69, 9.17) is 10.5 Å². The smallest absolute Gasteiger partial charge is 0.193 e. The van der Waals surface area contributed by atoms with Crippen molar-refractivity contribution in [3.63, 3.8) is 0 Å². The predicted molar refractivity (Wildman–Crippen MR) is 63.2 cm³/mol. The Labute approximate surface area is 90.2 Å². The molecule has 82 valence electrons. The molecule has 3 N–H and O–H groups in total. The maximum Gasteiger partial charge on any atom is 0.193 e. The van der Waals surface area contributed by atoms with Gasteiger partial charge in [-0.1, -0.05) is 12.1 Å². The quantitative estimate of drug-likeness (QED) is 0.445. The first-order valence-corrected chi connectivity index (χ1v) is 4.85. The first-order valence-electron chi connectivity index (χ1n) is 4.85. The molecule has 0 radical (unpaired) electrons. The average molecular weight is 207 g/mol. The van der Waals surface area contributed by atoms with Crippen LogP contribution >= 0.6 is 0 Å². The summed E-state index contributed by atoms with van der Waals surface area (Å²) < 4.78 is 4.87. The Morgan fingerprint density at radius 1 is 1.53 bits per heavy atom. The maximum atomic E-state index is 5.68. The normalized spacial score (nSPS) is 11.5. The Morgan fingerprint density at radius 2 is 2.33 bits per heavy atom. The van der Waals surface area contributed by atoms with E-state index in [0.717, 1.165) is 5.69 Å². The molecule has 0 spiro atoms. The molecule has 1 rings (SSSR count). The fourth-order valence-electron chi connectivity index (χ4n) is 1.17. The largest absolute Gasteiger partial charge is 0.383 e. The van der Waals surface area contributed by atoms with Gasteiger partial charge in [0.1, 0.15) is 0 Å². The lowest BCUT2D eigenvalue weighted by Gasteiger charge is -2.05. The number of guanidine groups is 1. The number of aryl methyl sites for hydroxylation is 1. The van der Waals surface area contributed by atoms with Gasteiger partial charge in [0.15, 0.2) is 5.96 Å². The molecular formula is C11H17N3O. The minimum atomic E-state index is 0.414. The molecule has 0 amide bonds. The highest BCUT2D eigenvalue weighted by molar-refractivity contribution is 5.92. The second-order valence-corrected chi connectivity index (χ2v) is 3.25. The van der Waals surface area contributed by atoms with Crippen LogP contribution in [0.15, 0.2) is 29.3 Å². The van der Waals surface area contributed by atoms with Crippen molar-refractivity contribution in [2.45, 2.75) is 6.92 Å². The molecule has 0 heterocycles. The number of nitrogens with zero attached hydrogens (tertiary/aromatic N) is 1. The summed E-state index contributed by atoms with van der Waals surface area (Å²) in [5.74, 6) is 0.414. The van der Waals surface area contributed by atoms with Crippen molar-refractivity contribution < 1.29 is 4.74 Å². The lowest BCUT2D eigenvalue weighted by Crippen LogP contribution is -2.23. The summed E-state index contributed by atoms with van der Waals surface area (Å²) in [4.78, 5) is 4.10. The first kappa shape index (κ1) is 11.5. The molecule has 0 unspecified atom stereocenters. The van der Waals surface area contributed by atoms with E-state index in [0.29, 0.717) is 19.1 Å². The molecule has 0 atom stereocenters. The Balaban J connectivity index is 2.50. The van der Waals surface area contributed by atoms with Gasteiger partial charge in [-0.25, -0.2) is 0 Å². The monoisotopic (exact) mass is 207 g/mol. The topological polar surface area (TPSA) is 59.6 Å². The van der Waals surface area contributed by atoms with Crippen LogP contribution in [0.25, 0.3) is 0 Å². The van der Waals surface area contributed by atoms with Crippen LogP contribution in [0.4, 0.5) is 5.69 Å². The molecule has 0 aliphatic carbocycles. The van der Waals surface area contributed by atoms with Crippen LogP contribution in [-0.4, -0.2) is 26.2 Å². The fourth-order valence-corrected chi connectivity index (χ4v) is 1.17. The molecule has 0 aliphatic rings. The number of nitrogens with one attached hydrogen (secondary N) is 1. The molecule has 0 bridgehead atoms. The van der Waals surface area contributed by atoms with Crippen molar-refractivity contribution in [3.05, 3.63) is 29.8 Å². The third-order valence-electron chi connectivity index (χ3n) is 1.87. The van der Waals surface area contributed by atoms with Gasteiger partial charge in [-0.3, -0.25) is 4.99 Å². The van der Waals surface area contributed by atoms with Gasteiger partial charge in [-0.2, -0.15) is 0 Å². The Hall–Kier alpha value is -1.55. The van der Waals surface area contributed by atoms with Gasteiger partial charge in [0, 0.05) is 12.8 Å². The zero-order valence-electron chi connectivity index (χ0n) is 9.16. The highest BCUT2D eigenvalue weighted by atomic mass is 16.5. The molecular weight excluding hydrogens is 190 g/mol. The average Bonchev–Trinajstić information content (AvgIpc) is 2.18. The van der Waals surface area contributed by atoms with Crippen LogP contribution in [0.2, 0.25) is 0 Å². The van der Waals surface area contributed by atoms with Crippen molar-refractivity contribution in [1.82, 2.24) is 0 Å². The van der Waals surface area contributed by atoms with Crippen molar-refractivity contribution in [3.8, 4) is 0 Å². The maximum absolute atomic E-state index is 5.68. The van der Waals surface area contributed by atoms with E-state index < -0.39 is 0 Å². The molecule has 0 saturated heterocycles. The zero-order chi connectivity index (χ0) is 11.1. The number of ether oxygens (including phenoxy) is 1. The van der Waals surface area contributed by atoms with E-state index in [1.54, 1.807) is 7.11 Å². The van der Waals surface area contributed by atoms with E-state index in [1.165, 1.54) is 5.56 Å². The van der Waals surface area contributed by atoms with E-state index in [2.05, 4.69) is 10.3 Å². The molecule has 4 heteroatoms. The fraction of sp³-hybridized carbons (Fsp3) is 0.364. The Kier molecular flexibility index (Phi) is 4.63. The number of hydrogen-bond donors (Lipinski definition) is 2. The predicted octanol–water partition coefficient (Wildman–Crippen LogP) is 1.37. The molecule has 0 aromatic heterocycles. The molecule has 15 heavy (non-hydrogen) atoms. The summed E-state index contributed by atoms with van der Waals surface area (Å²) in [5, 5.41) is 3.01. The van der Waals surface area contributed by atoms with E-state index >= 15 is 0 Å². The van der Waals surface area contributed by atoms with Gasteiger partial charge >= 0.3 is 0 Å². The number of anilines is 1. The second kappa shape index (κ2) is 6.03. The molecule has 1 aromatic carbocycles. The number of hydrogen-bond acceptors (Lipinski definition) is 2. The van der Waals surface area contributed by atoms with Crippen LogP contribution in [-0.2, 0) is 4.74 Å². The Morgan fingerprint density at radius 3 is 3.00 bits per heavy atom. The highest BCUT2D eigenvalue weighted by Gasteiger charge is 1.94. The number of nitrogens with two attached hydrogens (primary N) is 1. The number of methoxy groups -OCH3 is 1. The molecule has 0 fully saturated rings. The van der Waals surface area contributed by atoms with E-state index in [-0.39, 0.29) is 0 Å². The summed E-state index contributed by atoms with van der Waals surface area (Å²) in [6.45, 7) is 3.18. The molecule has 0 saturated carbocycles. The number of aliphatic imine (C=N–C) groups is 1. The molecule has 4 nitrogen and oxygen atoms in total. The van der Waals surface area contributed by atoms with Crippen molar-refractivity contribution >= 4 is 11.6 Å². The standard InChI is InChI=1S/C11H17N3O/c1-9-4-3-5-10(8-9)14-11(12)13-6-7-15-2/h3-5,8H,6-7H2,1-2H3,(H3,12,13,14). The van der Waals surface area contributed by atoms with Crippen molar-refractivity contribution in [2.75, 3.05) is 25.6 Å². The van der Waals surface area contributed by atoms with Gasteiger partial charge in [0.05, 0.1) is 13.2 Å². The van der Waals surface area contributed by atoms with Gasteiger partial charge < -0.3 is 15.8 Å². The van der Waals surface area contributed by atoms with Crippen LogP contribution in [0, 0.1) is 6.92 Å². The van der Waals surface area contributed by atoms with Gasteiger partial charge in [-0.15, -0.1) is 0 Å². The zero-order valence-corrected chi connectivity index (χ0v) is 9.16. The first-order chi connectivity index (χ1) is 7.22. The Bertz CT molecular complexity index is 336. The van der Waals surface area contributed by atoms with Gasteiger partial charge in [0.2, 0.25) is 0 Å². The van der Waals surface area contributed by atoms with Crippen LogP contribution in [0.5, 0.6) is 0 Å². The van der Waals surface area contributed by atoms with Crippen molar-refractivity contribution in [1.29, 1.82) is 0 Å². The van der Waals surface area contributed by atoms with Crippen LogP contribution in [0.1, 0.15) is 5.56 Å². The minimum Gasteiger partial charge on any atom is -0.383 e. The minimum absolute atomic E-state index is 0.414. The number of benzene rings is 1. The van der Waals surface area contributed by atoms with Crippen LogP contribution in [0.3, 0.4) is 0 Å². The lowest BCUT2D eigenvalue weighted by atomic mass is 10.2. The summed E-state index contributed by atoms with van der Waals surface area (Å²) in [7, 11) is 1.64. The molecule has 0 aliphatic heterocycles. The van der Waals surface area contributed by atoms with Gasteiger partial charge in [0.25, 0.3) is 0 Å². The highest BCUT2D eigenvalue weighted by Crippen LogP contribution is 2.08. The summed E-state index contributed by atoms with van der Waals surface area (Å²) in [6, 6.07) is 7.97. The van der Waals surface area contributed by atoms with E-state index in [1.807, 2.05) is 31.2 Å². The number of rotatable bonds is 4. The van der Waals surface area contributed by atoms with Gasteiger partial charge in [-0.05, 0) is 24.6 Å². The van der Waals surface area contributed by atoms with E-state index in [9.17, 15) is 0 Å². The second-order valence-electron chi connectivity index (χ2n) is 3.25. The summed E-state index contributed by atoms with van der Waals surface area (Å²) >= 11 is 0. The third kappa shape index (κ3) is 4.46. The van der Waals surface area contributed by atoms with Crippen LogP contribution < -0.4 is 11.1 Å².